The first kappa shape index (κ1) is 23.8. The van der Waals surface area contributed by atoms with E-state index in [1.807, 2.05) is 13.0 Å². The second-order valence-electron chi connectivity index (χ2n) is 8.01. The maximum atomic E-state index is 13.4. The number of hydrogen-bond donors (Lipinski definition) is 1. The van der Waals surface area contributed by atoms with Crippen molar-refractivity contribution >= 4 is 55.7 Å². The zero-order chi connectivity index (χ0) is 25.4. The second kappa shape index (κ2) is 9.64. The smallest absolute Gasteiger partial charge is 0.301 e. The largest absolute Gasteiger partial charge is 0.507 e. The van der Waals surface area contributed by atoms with Crippen LogP contribution < -0.4 is 14.4 Å². The number of halogens is 1. The van der Waals surface area contributed by atoms with Crippen LogP contribution in [-0.2, 0) is 9.59 Å². The third kappa shape index (κ3) is 4.19. The van der Waals surface area contributed by atoms with E-state index in [0.717, 1.165) is 4.70 Å². The van der Waals surface area contributed by atoms with Gasteiger partial charge in [0.1, 0.15) is 17.3 Å². The lowest BCUT2D eigenvalue weighted by Crippen LogP contribution is -2.29. The van der Waals surface area contributed by atoms with Crippen LogP contribution in [0.15, 0.2) is 72.3 Å². The van der Waals surface area contributed by atoms with Crippen LogP contribution in [-0.4, -0.2) is 35.5 Å². The van der Waals surface area contributed by atoms with Crippen molar-refractivity contribution in [3.8, 4) is 11.5 Å². The highest BCUT2D eigenvalue weighted by Gasteiger charge is 2.48. The zero-order valence-electron chi connectivity index (χ0n) is 19.4. The van der Waals surface area contributed by atoms with Crippen molar-refractivity contribution in [3.05, 3.63) is 88.5 Å². The number of aliphatic hydroxyl groups excluding tert-OH is 1. The van der Waals surface area contributed by atoms with E-state index in [-0.39, 0.29) is 11.3 Å². The van der Waals surface area contributed by atoms with Crippen molar-refractivity contribution in [1.82, 2.24) is 4.98 Å². The molecule has 7 nitrogen and oxygen atoms in total. The highest BCUT2D eigenvalue weighted by atomic mass is 35.5. The molecule has 0 unspecified atom stereocenters. The number of rotatable bonds is 6. The Bertz CT molecular complexity index is 1500. The Hall–Kier alpha value is -3.88. The maximum absolute atomic E-state index is 13.4. The third-order valence-electron chi connectivity index (χ3n) is 5.86. The van der Waals surface area contributed by atoms with E-state index in [4.69, 9.17) is 21.1 Å². The summed E-state index contributed by atoms with van der Waals surface area (Å²) in [6.45, 7) is 2.38. The molecule has 182 valence electrons. The molecule has 3 aromatic carbocycles. The Balaban J connectivity index is 1.67. The second-order valence-corrected chi connectivity index (χ2v) is 9.45. The minimum Gasteiger partial charge on any atom is -0.507 e. The number of aromatic nitrogens is 1. The van der Waals surface area contributed by atoms with Crippen molar-refractivity contribution in [1.29, 1.82) is 0 Å². The number of benzene rings is 3. The highest BCUT2D eigenvalue weighted by Crippen LogP contribution is 2.44. The van der Waals surface area contributed by atoms with E-state index in [9.17, 15) is 14.7 Å². The molecule has 0 radical (unpaired) electrons. The van der Waals surface area contributed by atoms with E-state index in [1.165, 1.54) is 16.2 Å². The van der Waals surface area contributed by atoms with Gasteiger partial charge in [-0.1, -0.05) is 35.1 Å². The lowest BCUT2D eigenvalue weighted by Gasteiger charge is -2.23. The molecule has 1 atom stereocenters. The fourth-order valence-electron chi connectivity index (χ4n) is 4.14. The Morgan fingerprint density at radius 2 is 1.75 bits per heavy atom. The van der Waals surface area contributed by atoms with Crippen LogP contribution in [0.5, 0.6) is 11.5 Å². The van der Waals surface area contributed by atoms with Gasteiger partial charge in [-0.05, 0) is 67.1 Å². The van der Waals surface area contributed by atoms with Crippen molar-refractivity contribution in [2.45, 2.75) is 13.0 Å². The number of Topliss-reactive ketones (excluding diaryl/α,β-unsaturated/α-hetero) is 1. The molecule has 0 bridgehead atoms. The molecule has 0 aliphatic carbocycles. The van der Waals surface area contributed by atoms with Crippen molar-refractivity contribution < 1.29 is 24.2 Å². The number of hydrogen-bond acceptors (Lipinski definition) is 7. The molecule has 1 amide bonds. The molecule has 1 saturated heterocycles. The van der Waals surface area contributed by atoms with Crippen LogP contribution in [0.25, 0.3) is 16.0 Å². The summed E-state index contributed by atoms with van der Waals surface area (Å²) in [7, 11) is 1.57. The average Bonchev–Trinajstić information content (AvgIpc) is 3.42. The third-order valence-corrected chi connectivity index (χ3v) is 7.13. The molecule has 4 aromatic rings. The van der Waals surface area contributed by atoms with Gasteiger partial charge in [-0.25, -0.2) is 4.98 Å². The topological polar surface area (TPSA) is 89.0 Å². The van der Waals surface area contributed by atoms with Gasteiger partial charge in [-0.3, -0.25) is 14.5 Å². The number of carbonyl (C=O) groups excluding carboxylic acids is 2. The molecule has 1 aliphatic rings. The minimum absolute atomic E-state index is 0.0247. The number of methoxy groups -OCH3 is 1. The number of nitrogens with zero attached hydrogens (tertiary/aromatic N) is 2. The van der Waals surface area contributed by atoms with Gasteiger partial charge >= 0.3 is 5.91 Å². The van der Waals surface area contributed by atoms with Crippen LogP contribution in [0.1, 0.15) is 24.1 Å². The van der Waals surface area contributed by atoms with Gasteiger partial charge in [0.25, 0.3) is 5.78 Å². The number of carbonyl (C=O) groups is 2. The number of thiazole rings is 1. The fourth-order valence-corrected chi connectivity index (χ4v) is 5.29. The number of ketones is 1. The molecule has 9 heteroatoms. The zero-order valence-corrected chi connectivity index (χ0v) is 21.0. The van der Waals surface area contributed by atoms with Crippen molar-refractivity contribution in [2.75, 3.05) is 18.6 Å². The molecule has 5 rings (SSSR count). The molecule has 1 fully saturated rings. The fraction of sp³-hybridized carbons (Fsp3) is 0.148. The summed E-state index contributed by atoms with van der Waals surface area (Å²) in [5.74, 6) is -0.550. The number of aliphatic hydroxyl groups is 1. The monoisotopic (exact) mass is 520 g/mol. The first-order valence-corrected chi connectivity index (χ1v) is 12.3. The Morgan fingerprint density at radius 1 is 1.06 bits per heavy atom. The predicted molar refractivity (Wildman–Crippen MR) is 140 cm³/mol. The molecule has 36 heavy (non-hydrogen) atoms. The highest BCUT2D eigenvalue weighted by molar-refractivity contribution is 7.22. The van der Waals surface area contributed by atoms with Crippen LogP contribution in [0, 0.1) is 0 Å². The minimum atomic E-state index is -0.892. The summed E-state index contributed by atoms with van der Waals surface area (Å²) < 4.78 is 11.6. The molecule has 2 heterocycles. The number of fused-ring (bicyclic) bond motifs is 1. The SMILES string of the molecule is CCOc1ccc(/C(O)=C2\C(=O)C(=O)N(c3nc4ccc(OC)cc4s3)[C@H]2c2ccc(Cl)cc2)cc1. The van der Waals surface area contributed by atoms with Gasteiger partial charge < -0.3 is 14.6 Å². The Labute approximate surface area is 216 Å². The quantitative estimate of drug-likeness (QED) is 0.191. The number of amides is 1. The maximum Gasteiger partial charge on any atom is 0.301 e. The van der Waals surface area contributed by atoms with Gasteiger partial charge in [-0.15, -0.1) is 0 Å². The summed E-state index contributed by atoms with van der Waals surface area (Å²) in [6, 6.07) is 18.0. The van der Waals surface area contributed by atoms with Crippen LogP contribution in [0.3, 0.4) is 0 Å². The van der Waals surface area contributed by atoms with E-state index >= 15 is 0 Å². The van der Waals surface area contributed by atoms with E-state index in [2.05, 4.69) is 4.98 Å². The molecule has 1 aromatic heterocycles. The van der Waals surface area contributed by atoms with Crippen molar-refractivity contribution in [3.63, 3.8) is 0 Å². The normalized spacial score (nSPS) is 17.1. The van der Waals surface area contributed by atoms with Crippen LogP contribution in [0.2, 0.25) is 5.02 Å². The predicted octanol–water partition coefficient (Wildman–Crippen LogP) is 5.98. The van der Waals surface area contributed by atoms with E-state index < -0.39 is 17.7 Å². The lowest BCUT2D eigenvalue weighted by molar-refractivity contribution is -0.132. The summed E-state index contributed by atoms with van der Waals surface area (Å²) >= 11 is 7.37. The van der Waals surface area contributed by atoms with E-state index in [1.54, 1.807) is 67.8 Å². The molecule has 0 saturated carbocycles. The van der Waals surface area contributed by atoms with Crippen LogP contribution in [0.4, 0.5) is 5.13 Å². The van der Waals surface area contributed by atoms with Crippen LogP contribution >= 0.6 is 22.9 Å². The first-order valence-electron chi connectivity index (χ1n) is 11.2. The molecular weight excluding hydrogens is 500 g/mol. The lowest BCUT2D eigenvalue weighted by atomic mass is 9.95. The average molecular weight is 521 g/mol. The standard InChI is InChI=1S/C27H21ClN2O5S/c1-3-35-18-10-6-16(7-11-18)24(31)22-23(15-4-8-17(28)9-5-15)30(26(33)25(22)32)27-29-20-13-12-19(34-2)14-21(20)36-27/h4-14,23,31H,3H2,1-2H3/b24-22+/t23-/m0/s1. The summed E-state index contributed by atoms with van der Waals surface area (Å²) in [6.07, 6.45) is 0. The molecule has 1 N–H and O–H groups in total. The summed E-state index contributed by atoms with van der Waals surface area (Å²) in [4.78, 5) is 32.7. The first-order chi connectivity index (χ1) is 17.4. The number of anilines is 1. The molecule has 0 spiro atoms. The Morgan fingerprint density at radius 3 is 2.42 bits per heavy atom. The van der Waals surface area contributed by atoms with Gasteiger partial charge in [0.2, 0.25) is 0 Å². The van der Waals surface area contributed by atoms with Gasteiger partial charge in [-0.2, -0.15) is 0 Å². The number of ether oxygens (including phenoxy) is 2. The van der Waals surface area contributed by atoms with Gasteiger partial charge in [0.05, 0.1) is 35.5 Å². The van der Waals surface area contributed by atoms with Gasteiger partial charge in [0.15, 0.2) is 5.13 Å². The molecule has 1 aliphatic heterocycles. The summed E-state index contributed by atoms with van der Waals surface area (Å²) in [5, 5.41) is 12.1. The van der Waals surface area contributed by atoms with Crippen molar-refractivity contribution in [2.24, 2.45) is 0 Å². The Kier molecular flexibility index (Phi) is 6.38. The van der Waals surface area contributed by atoms with E-state index in [0.29, 0.717) is 44.9 Å². The summed E-state index contributed by atoms with van der Waals surface area (Å²) in [5.41, 5.74) is 1.65. The van der Waals surface area contributed by atoms with Gasteiger partial charge in [0, 0.05) is 10.6 Å². The molecular formula is C27H21ClN2O5S.